The molecule has 4 rings (SSSR count). The van der Waals surface area contributed by atoms with E-state index in [0.717, 1.165) is 27.6 Å². The quantitative estimate of drug-likeness (QED) is 0.316. The average Bonchev–Trinajstić information content (AvgIpc) is 2.80. The van der Waals surface area contributed by atoms with Crippen LogP contribution in [0, 0.1) is 6.92 Å². The topological polar surface area (TPSA) is 79.4 Å². The van der Waals surface area contributed by atoms with Gasteiger partial charge in [-0.2, -0.15) is 0 Å². The summed E-state index contributed by atoms with van der Waals surface area (Å²) < 4.78 is 6.13. The predicted octanol–water partition coefficient (Wildman–Crippen LogP) is 6.69. The number of carboxylic acid groups (broad SMARTS) is 1. The van der Waals surface area contributed by atoms with E-state index in [2.05, 4.69) is 4.98 Å². The van der Waals surface area contributed by atoms with Gasteiger partial charge in [0, 0.05) is 22.0 Å². The van der Waals surface area contributed by atoms with Crippen molar-refractivity contribution in [2.75, 3.05) is 0 Å². The zero-order chi connectivity index (χ0) is 25.3. The number of aromatic amines is 1. The van der Waals surface area contributed by atoms with Gasteiger partial charge in [0.15, 0.2) is 6.10 Å². The minimum absolute atomic E-state index is 0.221. The molecule has 4 aromatic rings. The SMILES string of the molecule is Cc1c([C@H](OC(C)(C)C)C(=O)O)c(-c2ccc(Cl)cc2)c2ccc(=O)[nH]c2c1Cc1ccccc1. The van der Waals surface area contributed by atoms with Crippen molar-refractivity contribution in [1.82, 2.24) is 4.98 Å². The highest BCUT2D eigenvalue weighted by Gasteiger charge is 2.33. The van der Waals surface area contributed by atoms with E-state index in [-0.39, 0.29) is 5.56 Å². The molecule has 5 nitrogen and oxygen atoms in total. The molecule has 1 aromatic heterocycles. The third-order valence-corrected chi connectivity index (χ3v) is 6.18. The van der Waals surface area contributed by atoms with Gasteiger partial charge in [-0.1, -0.05) is 54.1 Å². The molecule has 35 heavy (non-hydrogen) atoms. The van der Waals surface area contributed by atoms with Gasteiger partial charge in [-0.25, -0.2) is 4.79 Å². The fraction of sp³-hybridized carbons (Fsp3) is 0.241. The van der Waals surface area contributed by atoms with Crippen LogP contribution in [0.3, 0.4) is 0 Å². The van der Waals surface area contributed by atoms with Crippen molar-refractivity contribution >= 4 is 28.5 Å². The molecule has 0 amide bonds. The Morgan fingerprint density at radius 2 is 1.69 bits per heavy atom. The lowest BCUT2D eigenvalue weighted by Gasteiger charge is -2.29. The summed E-state index contributed by atoms with van der Waals surface area (Å²) in [6, 6.07) is 20.4. The highest BCUT2D eigenvalue weighted by Crippen LogP contribution is 2.42. The summed E-state index contributed by atoms with van der Waals surface area (Å²) in [7, 11) is 0. The van der Waals surface area contributed by atoms with Crippen LogP contribution < -0.4 is 5.56 Å². The van der Waals surface area contributed by atoms with E-state index in [4.69, 9.17) is 16.3 Å². The van der Waals surface area contributed by atoms with Crippen molar-refractivity contribution in [2.45, 2.75) is 45.8 Å². The van der Waals surface area contributed by atoms with Gasteiger partial charge in [-0.05, 0) is 80.1 Å². The first-order chi connectivity index (χ1) is 16.5. The molecule has 1 heterocycles. The van der Waals surface area contributed by atoms with E-state index in [0.29, 0.717) is 28.1 Å². The standard InChI is InChI=1S/C29H28ClNO4/c1-17-22(16-18-8-6-5-7-9-18)26-21(14-15-23(32)31-26)25(19-10-12-20(30)13-11-19)24(17)27(28(33)34)35-29(2,3)4/h5-15,27H,16H2,1-4H3,(H,31,32)(H,33,34)/t27-/m0/s1. The highest BCUT2D eigenvalue weighted by molar-refractivity contribution is 6.30. The normalized spacial score (nSPS) is 12.6. The fourth-order valence-electron chi connectivity index (χ4n) is 4.47. The molecule has 0 unspecified atom stereocenters. The van der Waals surface area contributed by atoms with E-state index in [1.165, 1.54) is 6.07 Å². The second kappa shape index (κ2) is 9.68. The number of hydrogen-bond donors (Lipinski definition) is 2. The summed E-state index contributed by atoms with van der Waals surface area (Å²) in [6.45, 7) is 7.41. The van der Waals surface area contributed by atoms with Crippen LogP contribution in [0.2, 0.25) is 5.02 Å². The minimum atomic E-state index is -1.22. The summed E-state index contributed by atoms with van der Waals surface area (Å²) in [6.07, 6.45) is -0.690. The van der Waals surface area contributed by atoms with Gasteiger partial charge >= 0.3 is 5.97 Å². The van der Waals surface area contributed by atoms with Gasteiger partial charge in [0.25, 0.3) is 0 Å². The lowest BCUT2D eigenvalue weighted by Crippen LogP contribution is -2.28. The number of carbonyl (C=O) groups is 1. The Labute approximate surface area is 209 Å². The molecule has 3 aromatic carbocycles. The fourth-order valence-corrected chi connectivity index (χ4v) is 4.59. The lowest BCUT2D eigenvalue weighted by atomic mass is 9.84. The molecule has 0 fully saturated rings. The van der Waals surface area contributed by atoms with Gasteiger partial charge in [-0.15, -0.1) is 0 Å². The first-order valence-corrected chi connectivity index (χ1v) is 11.8. The molecule has 6 heteroatoms. The van der Waals surface area contributed by atoms with Crippen LogP contribution in [0.1, 0.15) is 49.1 Å². The maximum atomic E-state index is 12.6. The van der Waals surface area contributed by atoms with Gasteiger partial charge in [0.2, 0.25) is 5.56 Å². The van der Waals surface area contributed by atoms with Crippen LogP contribution in [0.4, 0.5) is 0 Å². The second-order valence-corrected chi connectivity index (χ2v) is 10.1. The van der Waals surface area contributed by atoms with Crippen LogP contribution in [0.15, 0.2) is 71.5 Å². The number of H-pyrrole nitrogens is 1. The average molecular weight is 490 g/mol. The maximum absolute atomic E-state index is 12.6. The van der Waals surface area contributed by atoms with Crippen molar-refractivity contribution in [1.29, 1.82) is 0 Å². The number of pyridine rings is 1. The number of nitrogens with one attached hydrogen (secondary N) is 1. The number of halogens is 1. The Morgan fingerprint density at radius 1 is 1.03 bits per heavy atom. The summed E-state index contributed by atoms with van der Waals surface area (Å²) in [4.78, 5) is 28.1. The third kappa shape index (κ3) is 5.31. The van der Waals surface area contributed by atoms with Gasteiger partial charge in [-0.3, -0.25) is 4.79 Å². The Morgan fingerprint density at radius 3 is 2.29 bits per heavy atom. The number of rotatable bonds is 6. The monoisotopic (exact) mass is 489 g/mol. The van der Waals surface area contributed by atoms with Crippen LogP contribution in [-0.2, 0) is 16.0 Å². The number of hydrogen-bond acceptors (Lipinski definition) is 3. The first kappa shape index (κ1) is 24.7. The zero-order valence-electron chi connectivity index (χ0n) is 20.2. The molecule has 0 aliphatic rings. The number of aromatic nitrogens is 1. The van der Waals surface area contributed by atoms with Crippen LogP contribution in [-0.4, -0.2) is 21.7 Å². The van der Waals surface area contributed by atoms with E-state index < -0.39 is 17.7 Å². The molecule has 0 radical (unpaired) electrons. The Kier molecular flexibility index (Phi) is 6.84. The number of aliphatic carboxylic acids is 1. The summed E-state index contributed by atoms with van der Waals surface area (Å²) in [5.41, 5.74) is 4.51. The molecular weight excluding hydrogens is 462 g/mol. The Bertz CT molecular complexity index is 1430. The summed E-state index contributed by atoms with van der Waals surface area (Å²) in [5.74, 6) is -1.08. The van der Waals surface area contributed by atoms with Crippen molar-refractivity contribution in [3.63, 3.8) is 0 Å². The molecular formula is C29H28ClNO4. The summed E-state index contributed by atoms with van der Waals surface area (Å²) in [5, 5.41) is 11.7. The molecule has 2 N–H and O–H groups in total. The van der Waals surface area contributed by atoms with E-state index in [1.54, 1.807) is 18.2 Å². The molecule has 0 bridgehead atoms. The van der Waals surface area contributed by atoms with Crippen molar-refractivity contribution in [3.8, 4) is 11.1 Å². The highest BCUT2D eigenvalue weighted by atomic mass is 35.5. The minimum Gasteiger partial charge on any atom is -0.479 e. The second-order valence-electron chi connectivity index (χ2n) is 9.62. The zero-order valence-corrected chi connectivity index (χ0v) is 20.9. The Balaban J connectivity index is 2.13. The van der Waals surface area contributed by atoms with Crippen LogP contribution in [0.25, 0.3) is 22.0 Å². The molecule has 1 atom stereocenters. The molecule has 180 valence electrons. The number of carboxylic acids is 1. The van der Waals surface area contributed by atoms with E-state index in [9.17, 15) is 14.7 Å². The predicted molar refractivity (Wildman–Crippen MR) is 140 cm³/mol. The molecule has 0 saturated heterocycles. The van der Waals surface area contributed by atoms with Gasteiger partial charge < -0.3 is 14.8 Å². The summed E-state index contributed by atoms with van der Waals surface area (Å²) >= 11 is 6.16. The lowest BCUT2D eigenvalue weighted by molar-refractivity contribution is -0.160. The smallest absolute Gasteiger partial charge is 0.337 e. The van der Waals surface area contributed by atoms with E-state index in [1.807, 2.05) is 70.2 Å². The molecule has 0 aliphatic carbocycles. The van der Waals surface area contributed by atoms with Crippen molar-refractivity contribution < 1.29 is 14.6 Å². The number of fused-ring (bicyclic) bond motifs is 1. The largest absolute Gasteiger partial charge is 0.479 e. The third-order valence-electron chi connectivity index (χ3n) is 5.93. The molecule has 0 aliphatic heterocycles. The molecule has 0 saturated carbocycles. The maximum Gasteiger partial charge on any atom is 0.337 e. The van der Waals surface area contributed by atoms with Crippen LogP contribution >= 0.6 is 11.6 Å². The molecule has 0 spiro atoms. The number of benzene rings is 3. The van der Waals surface area contributed by atoms with Crippen molar-refractivity contribution in [2.24, 2.45) is 0 Å². The van der Waals surface area contributed by atoms with Gasteiger partial charge in [0.05, 0.1) is 11.1 Å². The van der Waals surface area contributed by atoms with Crippen LogP contribution in [0.5, 0.6) is 0 Å². The number of ether oxygens (including phenoxy) is 1. The van der Waals surface area contributed by atoms with Gasteiger partial charge in [0.1, 0.15) is 0 Å². The van der Waals surface area contributed by atoms with E-state index >= 15 is 0 Å². The van der Waals surface area contributed by atoms with Crippen molar-refractivity contribution in [3.05, 3.63) is 104 Å². The Hall–Kier alpha value is -3.41. The first-order valence-electron chi connectivity index (χ1n) is 11.4.